The third-order valence-corrected chi connectivity index (χ3v) is 3.73. The molecule has 0 aliphatic carbocycles. The molecule has 0 N–H and O–H groups in total. The fourth-order valence-electron chi connectivity index (χ4n) is 2.18. The number of hydrogen-bond donors (Lipinski definition) is 0. The average molecular weight is 293 g/mol. The second kappa shape index (κ2) is 4.63. The van der Waals surface area contributed by atoms with Crippen LogP contribution in [-0.2, 0) is 4.74 Å². The SMILES string of the molecule is Brc1cccc2c(N3CCOCC3)nccc12. The number of pyridine rings is 1. The molecule has 1 saturated heterocycles. The highest BCUT2D eigenvalue weighted by Gasteiger charge is 2.15. The minimum Gasteiger partial charge on any atom is -0.378 e. The molecular weight excluding hydrogens is 280 g/mol. The molecule has 2 aromatic rings. The second-order valence-electron chi connectivity index (χ2n) is 4.07. The maximum Gasteiger partial charge on any atom is 0.136 e. The normalized spacial score (nSPS) is 16.4. The lowest BCUT2D eigenvalue weighted by Gasteiger charge is -2.28. The van der Waals surface area contributed by atoms with E-state index in [9.17, 15) is 0 Å². The molecule has 17 heavy (non-hydrogen) atoms. The number of anilines is 1. The standard InChI is InChI=1S/C13H13BrN2O/c14-12-3-1-2-11-10(12)4-5-15-13(11)16-6-8-17-9-7-16/h1-5H,6-9H2. The van der Waals surface area contributed by atoms with Crippen molar-refractivity contribution >= 4 is 32.5 Å². The molecule has 0 saturated carbocycles. The Labute approximate surface area is 109 Å². The molecule has 0 radical (unpaired) electrons. The Morgan fingerprint density at radius 1 is 1.12 bits per heavy atom. The van der Waals surface area contributed by atoms with Gasteiger partial charge in [-0.1, -0.05) is 28.1 Å². The fourth-order valence-corrected chi connectivity index (χ4v) is 2.68. The second-order valence-corrected chi connectivity index (χ2v) is 4.92. The number of halogens is 1. The van der Waals surface area contributed by atoms with Crippen LogP contribution < -0.4 is 4.90 Å². The Morgan fingerprint density at radius 2 is 1.94 bits per heavy atom. The summed E-state index contributed by atoms with van der Waals surface area (Å²) in [5, 5.41) is 2.41. The number of aromatic nitrogens is 1. The lowest BCUT2D eigenvalue weighted by atomic mass is 10.1. The number of morpholine rings is 1. The Balaban J connectivity index is 2.12. The first-order valence-electron chi connectivity index (χ1n) is 5.72. The molecule has 1 aromatic heterocycles. The van der Waals surface area contributed by atoms with Gasteiger partial charge in [-0.3, -0.25) is 0 Å². The summed E-state index contributed by atoms with van der Waals surface area (Å²) in [7, 11) is 0. The Bertz CT molecular complexity index is 538. The highest BCUT2D eigenvalue weighted by Crippen LogP contribution is 2.29. The van der Waals surface area contributed by atoms with E-state index in [1.165, 1.54) is 10.8 Å². The largest absolute Gasteiger partial charge is 0.378 e. The van der Waals surface area contributed by atoms with E-state index in [-0.39, 0.29) is 0 Å². The summed E-state index contributed by atoms with van der Waals surface area (Å²) < 4.78 is 6.50. The summed E-state index contributed by atoms with van der Waals surface area (Å²) in [6, 6.07) is 8.28. The van der Waals surface area contributed by atoms with E-state index in [1.807, 2.05) is 12.3 Å². The van der Waals surface area contributed by atoms with Crippen molar-refractivity contribution in [1.29, 1.82) is 0 Å². The summed E-state index contributed by atoms with van der Waals surface area (Å²) in [4.78, 5) is 6.81. The maximum absolute atomic E-state index is 5.38. The quantitative estimate of drug-likeness (QED) is 0.808. The Morgan fingerprint density at radius 3 is 2.76 bits per heavy atom. The summed E-state index contributed by atoms with van der Waals surface area (Å²) in [5.74, 6) is 1.06. The molecule has 0 amide bonds. The minimum absolute atomic E-state index is 0.784. The van der Waals surface area contributed by atoms with E-state index in [1.54, 1.807) is 0 Å². The first kappa shape index (κ1) is 11.0. The summed E-state index contributed by atoms with van der Waals surface area (Å²) >= 11 is 3.58. The molecule has 1 aliphatic rings. The summed E-state index contributed by atoms with van der Waals surface area (Å²) in [6.45, 7) is 3.40. The van der Waals surface area contributed by atoms with Crippen LogP contribution in [0.1, 0.15) is 0 Å². The van der Waals surface area contributed by atoms with Crippen LogP contribution in [0.25, 0.3) is 10.8 Å². The number of ether oxygens (including phenoxy) is 1. The van der Waals surface area contributed by atoms with Crippen LogP contribution in [0.2, 0.25) is 0 Å². The van der Waals surface area contributed by atoms with Gasteiger partial charge in [0.15, 0.2) is 0 Å². The molecular formula is C13H13BrN2O. The van der Waals surface area contributed by atoms with Gasteiger partial charge in [-0.2, -0.15) is 0 Å². The van der Waals surface area contributed by atoms with Crippen molar-refractivity contribution in [2.45, 2.75) is 0 Å². The van der Waals surface area contributed by atoms with Crippen LogP contribution in [0.5, 0.6) is 0 Å². The zero-order chi connectivity index (χ0) is 11.7. The number of fused-ring (bicyclic) bond motifs is 1. The van der Waals surface area contributed by atoms with Crippen molar-refractivity contribution in [3.05, 3.63) is 34.9 Å². The van der Waals surface area contributed by atoms with Crippen molar-refractivity contribution in [2.24, 2.45) is 0 Å². The first-order chi connectivity index (χ1) is 8.36. The van der Waals surface area contributed by atoms with Crippen LogP contribution in [0.15, 0.2) is 34.9 Å². The van der Waals surface area contributed by atoms with Crippen LogP contribution in [0.3, 0.4) is 0 Å². The van der Waals surface area contributed by atoms with Gasteiger partial charge < -0.3 is 9.64 Å². The zero-order valence-corrected chi connectivity index (χ0v) is 11.0. The smallest absolute Gasteiger partial charge is 0.136 e. The highest BCUT2D eigenvalue weighted by molar-refractivity contribution is 9.10. The van der Waals surface area contributed by atoms with Crippen molar-refractivity contribution < 1.29 is 4.74 Å². The predicted molar refractivity (Wildman–Crippen MR) is 72.5 cm³/mol. The summed E-state index contributed by atoms with van der Waals surface area (Å²) in [5.41, 5.74) is 0. The minimum atomic E-state index is 0.784. The lowest BCUT2D eigenvalue weighted by Crippen LogP contribution is -2.36. The summed E-state index contributed by atoms with van der Waals surface area (Å²) in [6.07, 6.45) is 1.87. The molecule has 1 aromatic carbocycles. The first-order valence-corrected chi connectivity index (χ1v) is 6.51. The Kier molecular flexibility index (Phi) is 2.99. The molecule has 3 nitrogen and oxygen atoms in total. The van der Waals surface area contributed by atoms with Gasteiger partial charge in [0.2, 0.25) is 0 Å². The van der Waals surface area contributed by atoms with Gasteiger partial charge in [-0.15, -0.1) is 0 Å². The third kappa shape index (κ3) is 2.03. The molecule has 1 aliphatic heterocycles. The van der Waals surface area contributed by atoms with E-state index in [4.69, 9.17) is 4.74 Å². The van der Waals surface area contributed by atoms with E-state index >= 15 is 0 Å². The Hall–Kier alpha value is -1.13. The van der Waals surface area contributed by atoms with Gasteiger partial charge in [0.05, 0.1) is 13.2 Å². The number of rotatable bonds is 1. The van der Waals surface area contributed by atoms with Gasteiger partial charge in [-0.25, -0.2) is 4.98 Å². The van der Waals surface area contributed by atoms with Gasteiger partial charge >= 0.3 is 0 Å². The number of hydrogen-bond acceptors (Lipinski definition) is 3. The molecule has 0 bridgehead atoms. The molecule has 1 fully saturated rings. The van der Waals surface area contributed by atoms with Gasteiger partial charge in [-0.05, 0) is 12.1 Å². The van der Waals surface area contributed by atoms with Crippen LogP contribution in [0, 0.1) is 0 Å². The van der Waals surface area contributed by atoms with Crippen molar-refractivity contribution in [3.8, 4) is 0 Å². The van der Waals surface area contributed by atoms with Gasteiger partial charge in [0.1, 0.15) is 5.82 Å². The molecule has 3 rings (SSSR count). The van der Waals surface area contributed by atoms with Gasteiger partial charge in [0, 0.05) is 34.5 Å². The maximum atomic E-state index is 5.38. The van der Waals surface area contributed by atoms with E-state index < -0.39 is 0 Å². The number of nitrogens with zero attached hydrogens (tertiary/aromatic N) is 2. The fraction of sp³-hybridized carbons (Fsp3) is 0.308. The third-order valence-electron chi connectivity index (χ3n) is 3.04. The van der Waals surface area contributed by atoms with E-state index in [2.05, 4.69) is 44.0 Å². The van der Waals surface area contributed by atoms with E-state index in [0.717, 1.165) is 36.6 Å². The van der Waals surface area contributed by atoms with Crippen molar-refractivity contribution in [3.63, 3.8) is 0 Å². The van der Waals surface area contributed by atoms with Crippen LogP contribution in [0.4, 0.5) is 5.82 Å². The number of benzene rings is 1. The molecule has 2 heterocycles. The van der Waals surface area contributed by atoms with Gasteiger partial charge in [0.25, 0.3) is 0 Å². The molecule has 0 spiro atoms. The molecule has 4 heteroatoms. The average Bonchev–Trinajstić information content (AvgIpc) is 2.40. The van der Waals surface area contributed by atoms with Crippen molar-refractivity contribution in [1.82, 2.24) is 4.98 Å². The van der Waals surface area contributed by atoms with Crippen molar-refractivity contribution in [2.75, 3.05) is 31.2 Å². The predicted octanol–water partition coefficient (Wildman–Crippen LogP) is 2.83. The molecule has 88 valence electrons. The lowest BCUT2D eigenvalue weighted by molar-refractivity contribution is 0.122. The van der Waals surface area contributed by atoms with Crippen LogP contribution in [-0.4, -0.2) is 31.3 Å². The molecule has 0 unspecified atom stereocenters. The monoisotopic (exact) mass is 292 g/mol. The highest BCUT2D eigenvalue weighted by atomic mass is 79.9. The zero-order valence-electron chi connectivity index (χ0n) is 9.40. The van der Waals surface area contributed by atoms with Crippen LogP contribution >= 0.6 is 15.9 Å². The molecule has 0 atom stereocenters. The van der Waals surface area contributed by atoms with E-state index in [0.29, 0.717) is 0 Å². The topological polar surface area (TPSA) is 25.4 Å².